The molecule has 1 atom stereocenters. The Bertz CT molecular complexity index is 550. The van der Waals surface area contributed by atoms with E-state index in [2.05, 4.69) is 58.9 Å². The smallest absolute Gasteiger partial charge is 0.399 e. The van der Waals surface area contributed by atoms with Crippen molar-refractivity contribution in [2.75, 3.05) is 13.2 Å². The molecule has 2 saturated heterocycles. The summed E-state index contributed by atoms with van der Waals surface area (Å²) in [6.07, 6.45) is 2.28. The van der Waals surface area contributed by atoms with Gasteiger partial charge < -0.3 is 18.8 Å². The minimum Gasteiger partial charge on any atom is -0.399 e. The molecule has 0 aliphatic carbocycles. The fourth-order valence-electron chi connectivity index (χ4n) is 3.12. The van der Waals surface area contributed by atoms with Crippen molar-refractivity contribution in [3.8, 4) is 0 Å². The molecule has 0 N–H and O–H groups in total. The lowest BCUT2D eigenvalue weighted by atomic mass is 9.78. The van der Waals surface area contributed by atoms with Crippen LogP contribution in [0.3, 0.4) is 0 Å². The highest BCUT2D eigenvalue weighted by atomic mass is 16.7. The Morgan fingerprint density at radius 1 is 1.08 bits per heavy atom. The zero-order chi connectivity index (χ0) is 17.4. The van der Waals surface area contributed by atoms with E-state index >= 15 is 0 Å². The van der Waals surface area contributed by atoms with Crippen LogP contribution < -0.4 is 5.46 Å². The van der Waals surface area contributed by atoms with Crippen molar-refractivity contribution < 1.29 is 18.8 Å². The molecule has 0 radical (unpaired) electrons. The zero-order valence-corrected chi connectivity index (χ0v) is 15.5. The molecule has 0 amide bonds. The number of benzene rings is 1. The van der Waals surface area contributed by atoms with Gasteiger partial charge in [0.25, 0.3) is 0 Å². The van der Waals surface area contributed by atoms with Gasteiger partial charge in [0.05, 0.1) is 23.4 Å². The fraction of sp³-hybridized carbons (Fsp3) is 0.684. The third-order valence-electron chi connectivity index (χ3n) is 5.47. The summed E-state index contributed by atoms with van der Waals surface area (Å²) in [4.78, 5) is 0. The van der Waals surface area contributed by atoms with Gasteiger partial charge >= 0.3 is 7.12 Å². The van der Waals surface area contributed by atoms with Crippen LogP contribution in [0.5, 0.6) is 0 Å². The molecule has 1 aromatic carbocycles. The topological polar surface area (TPSA) is 36.9 Å². The monoisotopic (exact) mass is 332 g/mol. The summed E-state index contributed by atoms with van der Waals surface area (Å²) in [5, 5.41) is 0. The standard InChI is InChI=1S/C19H29BO4/c1-14(22-17-9-11-21-12-10-17)15-7-6-8-16(13-15)20-23-18(2,3)19(4,5)24-20/h6-8,13-14,17H,9-12H2,1-5H3. The SMILES string of the molecule is CC(OC1CCOCC1)c1cccc(B2OC(C)(C)C(C)(C)O2)c1. The van der Waals surface area contributed by atoms with Gasteiger partial charge in [-0.25, -0.2) is 0 Å². The van der Waals surface area contributed by atoms with Crippen LogP contribution >= 0.6 is 0 Å². The van der Waals surface area contributed by atoms with E-state index in [4.69, 9.17) is 18.8 Å². The van der Waals surface area contributed by atoms with Gasteiger partial charge in [0.1, 0.15) is 0 Å². The molecule has 0 saturated carbocycles. The van der Waals surface area contributed by atoms with Crippen molar-refractivity contribution in [3.05, 3.63) is 29.8 Å². The quantitative estimate of drug-likeness (QED) is 0.793. The summed E-state index contributed by atoms with van der Waals surface area (Å²) in [6, 6.07) is 8.37. The second-order valence-corrected chi connectivity index (χ2v) is 7.85. The normalized spacial score (nSPS) is 25.0. The maximum absolute atomic E-state index is 6.22. The lowest BCUT2D eigenvalue weighted by molar-refractivity contribution is -0.0635. The minimum atomic E-state index is -0.328. The van der Waals surface area contributed by atoms with E-state index in [0.29, 0.717) is 0 Å². The summed E-state index contributed by atoms with van der Waals surface area (Å²) < 4.78 is 23.9. The van der Waals surface area contributed by atoms with Crippen molar-refractivity contribution in [1.29, 1.82) is 0 Å². The van der Waals surface area contributed by atoms with Crippen LogP contribution in [-0.2, 0) is 18.8 Å². The highest BCUT2D eigenvalue weighted by molar-refractivity contribution is 6.62. The van der Waals surface area contributed by atoms with Crippen LogP contribution in [0.4, 0.5) is 0 Å². The largest absolute Gasteiger partial charge is 0.494 e. The number of hydrogen-bond donors (Lipinski definition) is 0. The molecule has 2 fully saturated rings. The Morgan fingerprint density at radius 2 is 1.71 bits per heavy atom. The van der Waals surface area contributed by atoms with Gasteiger partial charge in [0.2, 0.25) is 0 Å². The first-order valence-electron chi connectivity index (χ1n) is 8.97. The second kappa shape index (κ2) is 6.79. The minimum absolute atomic E-state index is 0.0514. The van der Waals surface area contributed by atoms with E-state index in [-0.39, 0.29) is 30.5 Å². The van der Waals surface area contributed by atoms with Crippen molar-refractivity contribution in [1.82, 2.24) is 0 Å². The summed E-state index contributed by atoms with van der Waals surface area (Å²) in [7, 11) is -0.328. The zero-order valence-electron chi connectivity index (χ0n) is 15.5. The average Bonchev–Trinajstić information content (AvgIpc) is 2.76. The van der Waals surface area contributed by atoms with Crippen LogP contribution in [0, 0.1) is 0 Å². The first-order chi connectivity index (χ1) is 11.3. The molecular formula is C19H29BO4. The van der Waals surface area contributed by atoms with E-state index in [1.54, 1.807) is 0 Å². The molecule has 3 rings (SSSR count). The number of rotatable bonds is 4. The van der Waals surface area contributed by atoms with Crippen molar-refractivity contribution in [3.63, 3.8) is 0 Å². The van der Waals surface area contributed by atoms with Crippen molar-refractivity contribution in [2.45, 2.75) is 70.9 Å². The van der Waals surface area contributed by atoms with E-state index in [0.717, 1.165) is 37.1 Å². The maximum Gasteiger partial charge on any atom is 0.494 e. The predicted molar refractivity (Wildman–Crippen MR) is 95.5 cm³/mol. The number of ether oxygens (including phenoxy) is 2. The highest BCUT2D eigenvalue weighted by Gasteiger charge is 2.51. The summed E-state index contributed by atoms with van der Waals surface area (Å²) in [6.45, 7) is 12.0. The molecule has 5 heteroatoms. The molecule has 2 aliphatic heterocycles. The van der Waals surface area contributed by atoms with Gasteiger partial charge in [0.15, 0.2) is 0 Å². The Labute approximate surface area is 146 Å². The highest BCUT2D eigenvalue weighted by Crippen LogP contribution is 2.36. The van der Waals surface area contributed by atoms with Gasteiger partial charge in [-0.1, -0.05) is 24.3 Å². The Balaban J connectivity index is 1.70. The van der Waals surface area contributed by atoms with Crippen molar-refractivity contribution >= 4 is 12.6 Å². The van der Waals surface area contributed by atoms with Gasteiger partial charge in [-0.2, -0.15) is 0 Å². The Hall–Kier alpha value is -0.875. The van der Waals surface area contributed by atoms with Crippen LogP contribution in [-0.4, -0.2) is 37.6 Å². The Morgan fingerprint density at radius 3 is 2.33 bits per heavy atom. The lowest BCUT2D eigenvalue weighted by Gasteiger charge is -2.32. The molecule has 4 nitrogen and oxygen atoms in total. The average molecular weight is 332 g/mol. The molecular weight excluding hydrogens is 303 g/mol. The van der Waals surface area contributed by atoms with Crippen LogP contribution in [0.1, 0.15) is 59.1 Å². The third kappa shape index (κ3) is 3.69. The lowest BCUT2D eigenvalue weighted by Crippen LogP contribution is -2.41. The number of hydrogen-bond acceptors (Lipinski definition) is 4. The summed E-state index contributed by atoms with van der Waals surface area (Å²) in [5.74, 6) is 0. The third-order valence-corrected chi connectivity index (χ3v) is 5.47. The first-order valence-corrected chi connectivity index (χ1v) is 8.97. The summed E-state index contributed by atoms with van der Waals surface area (Å²) in [5.41, 5.74) is 1.57. The van der Waals surface area contributed by atoms with E-state index in [1.165, 1.54) is 0 Å². The van der Waals surface area contributed by atoms with Crippen LogP contribution in [0.2, 0.25) is 0 Å². The molecule has 2 aliphatic rings. The fourth-order valence-corrected chi connectivity index (χ4v) is 3.12. The summed E-state index contributed by atoms with van der Waals surface area (Å²) >= 11 is 0. The Kier molecular flexibility index (Phi) is 5.08. The molecule has 1 aromatic rings. The van der Waals surface area contributed by atoms with Gasteiger partial charge in [0, 0.05) is 13.2 Å². The molecule has 0 spiro atoms. The predicted octanol–water partition coefficient (Wildman–Crippen LogP) is 3.24. The maximum atomic E-state index is 6.22. The van der Waals surface area contributed by atoms with Crippen LogP contribution in [0.25, 0.3) is 0 Å². The molecule has 0 bridgehead atoms. The van der Waals surface area contributed by atoms with Gasteiger partial charge in [-0.15, -0.1) is 0 Å². The van der Waals surface area contributed by atoms with E-state index < -0.39 is 0 Å². The molecule has 2 heterocycles. The molecule has 24 heavy (non-hydrogen) atoms. The van der Waals surface area contributed by atoms with Gasteiger partial charge in [-0.3, -0.25) is 0 Å². The van der Waals surface area contributed by atoms with E-state index in [9.17, 15) is 0 Å². The first kappa shape index (κ1) is 17.9. The van der Waals surface area contributed by atoms with Gasteiger partial charge in [-0.05, 0) is 58.5 Å². The molecule has 1 unspecified atom stereocenters. The molecule has 0 aromatic heterocycles. The van der Waals surface area contributed by atoms with Crippen LogP contribution in [0.15, 0.2) is 24.3 Å². The van der Waals surface area contributed by atoms with E-state index in [1.807, 2.05) is 0 Å². The second-order valence-electron chi connectivity index (χ2n) is 7.85. The molecule has 132 valence electrons. The van der Waals surface area contributed by atoms with Crippen molar-refractivity contribution in [2.24, 2.45) is 0 Å².